The van der Waals surface area contributed by atoms with Crippen LogP contribution in [0.1, 0.15) is 21.6 Å². The maximum Gasteiger partial charge on any atom is 0.270 e. The van der Waals surface area contributed by atoms with Gasteiger partial charge in [-0.1, -0.05) is 30.3 Å². The summed E-state index contributed by atoms with van der Waals surface area (Å²) < 4.78 is 5.58. The lowest BCUT2D eigenvalue weighted by atomic mass is 10.1. The van der Waals surface area contributed by atoms with Crippen molar-refractivity contribution in [2.24, 2.45) is 0 Å². The number of hydrogen-bond acceptors (Lipinski definition) is 4. The highest BCUT2D eigenvalue weighted by molar-refractivity contribution is 5.96. The van der Waals surface area contributed by atoms with Crippen LogP contribution >= 0.6 is 0 Å². The first-order valence-corrected chi connectivity index (χ1v) is 10.1. The van der Waals surface area contributed by atoms with Crippen molar-refractivity contribution < 1.29 is 9.53 Å². The van der Waals surface area contributed by atoms with Gasteiger partial charge in [0.2, 0.25) is 0 Å². The minimum Gasteiger partial charge on any atom is -0.493 e. The molecule has 1 N–H and O–H groups in total. The number of aromatic nitrogens is 1. The van der Waals surface area contributed by atoms with E-state index in [1.807, 2.05) is 23.1 Å². The molecular formula is C23H23N3O3. The van der Waals surface area contributed by atoms with E-state index in [4.69, 9.17) is 4.74 Å². The molecule has 148 valence electrons. The zero-order valence-corrected chi connectivity index (χ0v) is 16.2. The predicted molar refractivity (Wildman–Crippen MR) is 111 cm³/mol. The third kappa shape index (κ3) is 3.51. The van der Waals surface area contributed by atoms with Crippen molar-refractivity contribution in [3.05, 3.63) is 75.7 Å². The number of piperazine rings is 1. The van der Waals surface area contributed by atoms with Crippen molar-refractivity contribution >= 4 is 16.7 Å². The van der Waals surface area contributed by atoms with Crippen LogP contribution in [-0.2, 0) is 13.0 Å². The molecule has 6 nitrogen and oxygen atoms in total. The van der Waals surface area contributed by atoms with Gasteiger partial charge in [-0.2, -0.15) is 0 Å². The van der Waals surface area contributed by atoms with E-state index in [-0.39, 0.29) is 11.5 Å². The number of nitrogens with zero attached hydrogens (tertiary/aromatic N) is 2. The molecule has 1 amide bonds. The van der Waals surface area contributed by atoms with Gasteiger partial charge in [0.05, 0.1) is 6.61 Å². The van der Waals surface area contributed by atoms with Gasteiger partial charge in [0.25, 0.3) is 11.5 Å². The zero-order chi connectivity index (χ0) is 19.8. The van der Waals surface area contributed by atoms with E-state index in [0.29, 0.717) is 24.2 Å². The Labute approximate surface area is 168 Å². The van der Waals surface area contributed by atoms with Crippen molar-refractivity contribution in [1.82, 2.24) is 14.8 Å². The number of fused-ring (bicyclic) bond motifs is 2. The van der Waals surface area contributed by atoms with E-state index in [9.17, 15) is 9.59 Å². The summed E-state index contributed by atoms with van der Waals surface area (Å²) in [5.74, 6) is 0.899. The number of benzene rings is 2. The Morgan fingerprint density at radius 2 is 1.86 bits per heavy atom. The highest BCUT2D eigenvalue weighted by Gasteiger charge is 2.23. The fourth-order valence-electron chi connectivity index (χ4n) is 4.20. The molecule has 29 heavy (non-hydrogen) atoms. The van der Waals surface area contributed by atoms with Gasteiger partial charge in [-0.15, -0.1) is 0 Å². The summed E-state index contributed by atoms with van der Waals surface area (Å²) in [6, 6.07) is 15.5. The summed E-state index contributed by atoms with van der Waals surface area (Å²) in [4.78, 5) is 32.1. The highest BCUT2D eigenvalue weighted by atomic mass is 16.5. The third-order valence-corrected chi connectivity index (χ3v) is 5.80. The molecular weight excluding hydrogens is 366 g/mol. The van der Waals surface area contributed by atoms with Crippen molar-refractivity contribution in [2.75, 3.05) is 32.8 Å². The molecule has 0 aliphatic carbocycles. The summed E-state index contributed by atoms with van der Waals surface area (Å²) in [5.41, 5.74) is 2.72. The van der Waals surface area contributed by atoms with Crippen LogP contribution < -0.4 is 10.3 Å². The third-order valence-electron chi connectivity index (χ3n) is 5.80. The Morgan fingerprint density at radius 3 is 2.72 bits per heavy atom. The van der Waals surface area contributed by atoms with E-state index >= 15 is 0 Å². The maximum atomic E-state index is 12.9. The van der Waals surface area contributed by atoms with E-state index in [1.165, 1.54) is 11.1 Å². The van der Waals surface area contributed by atoms with Gasteiger partial charge in [-0.25, -0.2) is 0 Å². The van der Waals surface area contributed by atoms with Crippen molar-refractivity contribution in [3.63, 3.8) is 0 Å². The fourth-order valence-corrected chi connectivity index (χ4v) is 4.20. The van der Waals surface area contributed by atoms with Crippen molar-refractivity contribution in [1.29, 1.82) is 0 Å². The molecule has 5 rings (SSSR count). The summed E-state index contributed by atoms with van der Waals surface area (Å²) in [7, 11) is 0. The maximum absolute atomic E-state index is 12.9. The first-order chi connectivity index (χ1) is 14.2. The van der Waals surface area contributed by atoms with Crippen LogP contribution in [0.15, 0.2) is 53.3 Å². The molecule has 0 unspecified atom stereocenters. The van der Waals surface area contributed by atoms with Crippen LogP contribution in [0.25, 0.3) is 10.8 Å². The lowest BCUT2D eigenvalue weighted by Gasteiger charge is -2.34. The lowest BCUT2D eigenvalue weighted by molar-refractivity contribution is 0.0622. The molecule has 1 aromatic heterocycles. The quantitative estimate of drug-likeness (QED) is 0.747. The number of aromatic amines is 1. The molecule has 2 aliphatic rings. The van der Waals surface area contributed by atoms with Crippen molar-refractivity contribution in [2.45, 2.75) is 13.0 Å². The van der Waals surface area contributed by atoms with Gasteiger partial charge in [0.15, 0.2) is 0 Å². The van der Waals surface area contributed by atoms with Crippen LogP contribution in [0, 0.1) is 0 Å². The largest absolute Gasteiger partial charge is 0.493 e. The summed E-state index contributed by atoms with van der Waals surface area (Å²) in [6.07, 6.45) is 0.982. The molecule has 2 aromatic carbocycles. The SMILES string of the molecule is O=C(c1cc2ccccc2c(=O)[nH]1)N1CCN(Cc2ccc3c(c2)CCO3)CC1. The molecule has 1 saturated heterocycles. The fraction of sp³-hybridized carbons (Fsp3) is 0.304. The minimum atomic E-state index is -0.217. The van der Waals surface area contributed by atoms with E-state index in [1.54, 1.807) is 12.1 Å². The van der Waals surface area contributed by atoms with Crippen molar-refractivity contribution in [3.8, 4) is 5.75 Å². The van der Waals surface area contributed by atoms with Crippen LogP contribution in [0.4, 0.5) is 0 Å². The minimum absolute atomic E-state index is 0.109. The predicted octanol–water partition coefficient (Wildman–Crippen LogP) is 2.42. The number of amides is 1. The van der Waals surface area contributed by atoms with E-state index in [2.05, 4.69) is 28.1 Å². The molecule has 6 heteroatoms. The highest BCUT2D eigenvalue weighted by Crippen LogP contribution is 2.26. The molecule has 3 aromatic rings. The van der Waals surface area contributed by atoms with Gasteiger partial charge in [0, 0.05) is 44.5 Å². The molecule has 0 spiro atoms. The lowest BCUT2D eigenvalue weighted by Crippen LogP contribution is -2.48. The monoisotopic (exact) mass is 389 g/mol. The number of H-pyrrole nitrogens is 1. The number of hydrogen-bond donors (Lipinski definition) is 1. The molecule has 0 saturated carbocycles. The van der Waals surface area contributed by atoms with Crippen LogP contribution in [0.3, 0.4) is 0 Å². The van der Waals surface area contributed by atoms with Gasteiger partial charge in [-0.3, -0.25) is 14.5 Å². The second-order valence-electron chi connectivity index (χ2n) is 7.71. The Kier molecular flexibility index (Phi) is 4.56. The smallest absolute Gasteiger partial charge is 0.270 e. The molecule has 0 radical (unpaired) electrons. The molecule has 1 fully saturated rings. The summed E-state index contributed by atoms with van der Waals surface area (Å²) in [5, 5.41) is 1.40. The Balaban J connectivity index is 1.24. The molecule has 0 atom stereocenters. The number of carbonyl (C=O) groups is 1. The average molecular weight is 389 g/mol. The van der Waals surface area contributed by atoms with Crippen LogP contribution in [0.5, 0.6) is 5.75 Å². The Bertz CT molecular complexity index is 1130. The summed E-state index contributed by atoms with van der Waals surface area (Å²) >= 11 is 0. The zero-order valence-electron chi connectivity index (χ0n) is 16.2. The number of pyridine rings is 1. The van der Waals surface area contributed by atoms with E-state index in [0.717, 1.165) is 43.8 Å². The van der Waals surface area contributed by atoms with Crippen LogP contribution in [0.2, 0.25) is 0 Å². The van der Waals surface area contributed by atoms with Gasteiger partial charge < -0.3 is 14.6 Å². The first-order valence-electron chi connectivity index (χ1n) is 10.1. The molecule has 3 heterocycles. The molecule has 0 bridgehead atoms. The first kappa shape index (κ1) is 17.9. The summed E-state index contributed by atoms with van der Waals surface area (Å²) in [6.45, 7) is 4.59. The Morgan fingerprint density at radius 1 is 1.03 bits per heavy atom. The van der Waals surface area contributed by atoms with Crippen LogP contribution in [-0.4, -0.2) is 53.5 Å². The second kappa shape index (κ2) is 7.37. The van der Waals surface area contributed by atoms with Gasteiger partial charge in [0.1, 0.15) is 11.4 Å². The normalized spacial score (nSPS) is 16.6. The standard InChI is InChI=1S/C23H23N3O3/c27-22-19-4-2-1-3-17(19)14-20(24-22)23(28)26-10-8-25(9-11-26)15-16-5-6-21-18(13-16)7-12-29-21/h1-6,13-14H,7-12,15H2,(H,24,27). The van der Waals surface area contributed by atoms with Gasteiger partial charge in [-0.05, 0) is 34.7 Å². The van der Waals surface area contributed by atoms with Gasteiger partial charge >= 0.3 is 0 Å². The second-order valence-corrected chi connectivity index (χ2v) is 7.71. The number of ether oxygens (including phenoxy) is 1. The Hall–Kier alpha value is -3.12. The average Bonchev–Trinajstić information content (AvgIpc) is 3.22. The number of nitrogens with one attached hydrogen (secondary N) is 1. The number of rotatable bonds is 3. The molecule has 2 aliphatic heterocycles. The van der Waals surface area contributed by atoms with E-state index < -0.39 is 0 Å². The number of carbonyl (C=O) groups excluding carboxylic acids is 1. The topological polar surface area (TPSA) is 65.6 Å².